The van der Waals surface area contributed by atoms with Gasteiger partial charge >= 0.3 is 0 Å². The van der Waals surface area contributed by atoms with E-state index in [9.17, 15) is 18.0 Å². The van der Waals surface area contributed by atoms with Crippen LogP contribution >= 0.6 is 11.3 Å². The van der Waals surface area contributed by atoms with Gasteiger partial charge in [-0.15, -0.1) is 11.3 Å². The number of amides is 1. The van der Waals surface area contributed by atoms with Crippen LogP contribution in [0.2, 0.25) is 0 Å². The zero-order chi connectivity index (χ0) is 21.5. The largest absolute Gasteiger partial charge is 0.334 e. The molecule has 0 aromatic carbocycles. The molecule has 2 aliphatic heterocycles. The highest BCUT2D eigenvalue weighted by Gasteiger charge is 2.36. The molecule has 4 rings (SSSR count). The lowest BCUT2D eigenvalue weighted by atomic mass is 10.1. The van der Waals surface area contributed by atoms with Crippen LogP contribution in [0.4, 0.5) is 0 Å². The van der Waals surface area contributed by atoms with E-state index in [0.717, 1.165) is 44.3 Å². The average Bonchev–Trinajstić information content (AvgIpc) is 3.11. The normalized spacial score (nSPS) is 20.8. The monoisotopic (exact) mass is 451 g/mol. The van der Waals surface area contributed by atoms with Crippen LogP contribution in [0.3, 0.4) is 0 Å². The van der Waals surface area contributed by atoms with Gasteiger partial charge in [-0.05, 0) is 38.2 Å². The van der Waals surface area contributed by atoms with Gasteiger partial charge in [-0.1, -0.05) is 19.8 Å². The third kappa shape index (κ3) is 3.93. The SMILES string of the molecule is CCCCN(C(=O)c1sc2nc3n(c(=O)c2c1C)CCCCC3)C1CCS(=O)(=O)C1. The molecule has 30 heavy (non-hydrogen) atoms. The van der Waals surface area contributed by atoms with Crippen LogP contribution in [0.15, 0.2) is 4.79 Å². The molecular weight excluding hydrogens is 422 g/mol. The number of aromatic nitrogens is 2. The summed E-state index contributed by atoms with van der Waals surface area (Å²) >= 11 is 1.28. The Morgan fingerprint density at radius 2 is 2.10 bits per heavy atom. The molecule has 1 atom stereocenters. The zero-order valence-corrected chi connectivity index (χ0v) is 19.3. The fourth-order valence-corrected chi connectivity index (χ4v) is 7.42. The Hall–Kier alpha value is -1.74. The van der Waals surface area contributed by atoms with Crippen molar-refractivity contribution in [1.82, 2.24) is 14.5 Å². The van der Waals surface area contributed by atoms with Gasteiger partial charge in [0.2, 0.25) is 0 Å². The first kappa shape index (κ1) is 21.5. The summed E-state index contributed by atoms with van der Waals surface area (Å²) in [6.07, 6.45) is 6.09. The molecule has 0 bridgehead atoms. The van der Waals surface area contributed by atoms with Crippen molar-refractivity contribution in [3.8, 4) is 0 Å². The molecule has 2 aliphatic rings. The van der Waals surface area contributed by atoms with Gasteiger partial charge in [0.15, 0.2) is 9.84 Å². The minimum absolute atomic E-state index is 0.0294. The number of rotatable bonds is 5. The maximum absolute atomic E-state index is 13.5. The van der Waals surface area contributed by atoms with Crippen LogP contribution in [-0.4, -0.2) is 52.9 Å². The Balaban J connectivity index is 1.75. The van der Waals surface area contributed by atoms with Crippen molar-refractivity contribution < 1.29 is 13.2 Å². The van der Waals surface area contributed by atoms with Crippen molar-refractivity contribution in [3.05, 3.63) is 26.6 Å². The Morgan fingerprint density at radius 1 is 1.30 bits per heavy atom. The molecule has 1 fully saturated rings. The van der Waals surface area contributed by atoms with Crippen molar-refractivity contribution in [3.63, 3.8) is 0 Å². The van der Waals surface area contributed by atoms with E-state index in [2.05, 4.69) is 6.92 Å². The fraction of sp³-hybridized carbons (Fsp3) is 0.667. The minimum Gasteiger partial charge on any atom is -0.334 e. The van der Waals surface area contributed by atoms with E-state index < -0.39 is 9.84 Å². The lowest BCUT2D eigenvalue weighted by molar-refractivity contribution is 0.0698. The fourth-order valence-electron chi connectivity index (χ4n) is 4.54. The van der Waals surface area contributed by atoms with Crippen LogP contribution in [0, 0.1) is 6.92 Å². The van der Waals surface area contributed by atoms with E-state index >= 15 is 0 Å². The van der Waals surface area contributed by atoms with E-state index in [0.29, 0.717) is 40.2 Å². The van der Waals surface area contributed by atoms with Crippen LogP contribution in [0.25, 0.3) is 10.2 Å². The molecule has 2 aromatic heterocycles. The number of hydrogen-bond donors (Lipinski definition) is 0. The average molecular weight is 452 g/mol. The van der Waals surface area contributed by atoms with Gasteiger partial charge in [-0.3, -0.25) is 14.2 Å². The standard InChI is InChI=1S/C21H29N3O4S2/c1-3-4-10-23(15-9-12-30(27,28)13-15)21(26)18-14(2)17-19(29-18)22-16-8-6-5-7-11-24(16)20(17)25/h15H,3-13H2,1-2H3. The highest BCUT2D eigenvalue weighted by atomic mass is 32.2. The number of sulfone groups is 1. The predicted molar refractivity (Wildman–Crippen MR) is 119 cm³/mol. The van der Waals surface area contributed by atoms with Crippen LogP contribution in [0.5, 0.6) is 0 Å². The Kier molecular flexibility index (Phi) is 6.03. The second-order valence-corrected chi connectivity index (χ2v) is 11.7. The summed E-state index contributed by atoms with van der Waals surface area (Å²) in [6.45, 7) is 5.09. The first-order chi connectivity index (χ1) is 14.3. The predicted octanol–water partition coefficient (Wildman–Crippen LogP) is 2.92. The Morgan fingerprint density at radius 3 is 2.80 bits per heavy atom. The zero-order valence-electron chi connectivity index (χ0n) is 17.6. The first-order valence-corrected chi connectivity index (χ1v) is 13.5. The number of aryl methyl sites for hydroxylation is 2. The van der Waals surface area contributed by atoms with Gasteiger partial charge in [-0.25, -0.2) is 13.4 Å². The van der Waals surface area contributed by atoms with Gasteiger partial charge in [0.1, 0.15) is 10.7 Å². The summed E-state index contributed by atoms with van der Waals surface area (Å²) < 4.78 is 25.8. The number of fused-ring (bicyclic) bond motifs is 2. The highest BCUT2D eigenvalue weighted by molar-refractivity contribution is 7.91. The molecule has 1 unspecified atom stereocenters. The smallest absolute Gasteiger partial charge is 0.264 e. The van der Waals surface area contributed by atoms with Gasteiger partial charge in [-0.2, -0.15) is 0 Å². The summed E-state index contributed by atoms with van der Waals surface area (Å²) in [6, 6.07) is -0.288. The van der Waals surface area contributed by atoms with Crippen molar-refractivity contribution in [2.45, 2.75) is 71.4 Å². The van der Waals surface area contributed by atoms with Gasteiger partial charge in [0.25, 0.3) is 11.5 Å². The Bertz CT molecular complexity index is 1130. The molecule has 0 aliphatic carbocycles. The molecule has 1 saturated heterocycles. The van der Waals surface area contributed by atoms with E-state index in [-0.39, 0.29) is 29.0 Å². The molecule has 2 aromatic rings. The first-order valence-electron chi connectivity index (χ1n) is 10.9. The van der Waals surface area contributed by atoms with Crippen molar-refractivity contribution in [1.29, 1.82) is 0 Å². The summed E-state index contributed by atoms with van der Waals surface area (Å²) in [5.41, 5.74) is 0.632. The molecule has 0 spiro atoms. The Labute approximate surface area is 181 Å². The van der Waals surface area contributed by atoms with Crippen LogP contribution in [-0.2, 0) is 22.8 Å². The topological polar surface area (TPSA) is 89.3 Å². The second-order valence-electron chi connectivity index (χ2n) is 8.44. The maximum atomic E-state index is 13.5. The minimum atomic E-state index is -3.09. The molecule has 0 saturated carbocycles. The second kappa shape index (κ2) is 8.42. The summed E-state index contributed by atoms with van der Waals surface area (Å²) in [5, 5.41) is 0.545. The molecule has 0 N–H and O–H groups in total. The van der Waals surface area contributed by atoms with Crippen LogP contribution < -0.4 is 5.56 Å². The quantitative estimate of drug-likeness (QED) is 0.697. The lowest BCUT2D eigenvalue weighted by Crippen LogP contribution is -2.41. The number of unbranched alkanes of at least 4 members (excludes halogenated alkanes) is 1. The molecule has 4 heterocycles. The van der Waals surface area contributed by atoms with Crippen molar-refractivity contribution in [2.24, 2.45) is 0 Å². The van der Waals surface area contributed by atoms with E-state index in [1.807, 2.05) is 6.92 Å². The lowest BCUT2D eigenvalue weighted by Gasteiger charge is -2.28. The summed E-state index contributed by atoms with van der Waals surface area (Å²) in [4.78, 5) is 34.4. The number of carbonyl (C=O) groups excluding carboxylic acids is 1. The third-order valence-corrected chi connectivity index (χ3v) is 9.19. The van der Waals surface area contributed by atoms with E-state index in [1.165, 1.54) is 11.3 Å². The number of hydrogen-bond acceptors (Lipinski definition) is 6. The molecule has 164 valence electrons. The number of thiophene rings is 1. The number of carbonyl (C=O) groups is 1. The molecule has 0 radical (unpaired) electrons. The van der Waals surface area contributed by atoms with Crippen molar-refractivity contribution in [2.75, 3.05) is 18.1 Å². The molecule has 7 nitrogen and oxygen atoms in total. The van der Waals surface area contributed by atoms with Gasteiger partial charge in [0.05, 0.1) is 21.8 Å². The summed E-state index contributed by atoms with van der Waals surface area (Å²) in [5.74, 6) is 0.816. The van der Waals surface area contributed by atoms with Gasteiger partial charge < -0.3 is 4.90 Å². The molecule has 9 heteroatoms. The van der Waals surface area contributed by atoms with E-state index in [1.54, 1.807) is 9.47 Å². The molecular formula is C21H29N3O4S2. The molecule has 1 amide bonds. The number of nitrogens with zero attached hydrogens (tertiary/aromatic N) is 3. The summed E-state index contributed by atoms with van der Waals surface area (Å²) in [7, 11) is -3.09. The highest BCUT2D eigenvalue weighted by Crippen LogP contribution is 2.31. The van der Waals surface area contributed by atoms with Crippen LogP contribution in [0.1, 0.15) is 66.5 Å². The van der Waals surface area contributed by atoms with E-state index in [4.69, 9.17) is 4.98 Å². The maximum Gasteiger partial charge on any atom is 0.264 e. The third-order valence-electron chi connectivity index (χ3n) is 6.27. The van der Waals surface area contributed by atoms with Gasteiger partial charge in [0, 0.05) is 25.6 Å². The van der Waals surface area contributed by atoms with Crippen molar-refractivity contribution >= 4 is 37.3 Å².